The molecule has 4 nitrogen and oxygen atoms in total. The summed E-state index contributed by atoms with van der Waals surface area (Å²) in [7, 11) is -0.933. The summed E-state index contributed by atoms with van der Waals surface area (Å²) < 4.78 is 11.1. The predicted molar refractivity (Wildman–Crippen MR) is 87.6 cm³/mol. The number of hydrogen-bond acceptors (Lipinski definition) is 2. The van der Waals surface area contributed by atoms with Crippen molar-refractivity contribution >= 4 is 40.0 Å². The van der Waals surface area contributed by atoms with Crippen molar-refractivity contribution in [3.63, 3.8) is 0 Å². The van der Waals surface area contributed by atoms with Gasteiger partial charge in [-0.2, -0.15) is 0 Å². The molecular formula is C14H18Cl2N2O2S. The molecule has 7 heteroatoms. The first-order valence-electron chi connectivity index (χ1n) is 6.72. The van der Waals surface area contributed by atoms with E-state index in [1.165, 1.54) is 0 Å². The Balaban J connectivity index is 1.99. The maximum atomic E-state index is 12.0. The molecule has 0 aromatic heterocycles. The van der Waals surface area contributed by atoms with Gasteiger partial charge in [-0.25, -0.2) is 4.79 Å². The van der Waals surface area contributed by atoms with Crippen molar-refractivity contribution in [1.29, 1.82) is 0 Å². The highest BCUT2D eigenvalue weighted by Crippen LogP contribution is 2.38. The fourth-order valence-electron chi connectivity index (χ4n) is 2.60. The van der Waals surface area contributed by atoms with Crippen LogP contribution in [0.5, 0.6) is 0 Å². The molecule has 2 N–H and O–H groups in total. The Bertz CT molecular complexity index is 580. The Morgan fingerprint density at radius 1 is 1.48 bits per heavy atom. The number of hydrogen-bond donors (Lipinski definition) is 2. The lowest BCUT2D eigenvalue weighted by Crippen LogP contribution is -2.43. The minimum atomic E-state index is -0.933. The molecule has 0 fully saturated rings. The summed E-state index contributed by atoms with van der Waals surface area (Å²) in [4.78, 5) is 12.0. The van der Waals surface area contributed by atoms with Crippen molar-refractivity contribution in [3.05, 3.63) is 33.3 Å². The largest absolute Gasteiger partial charge is 0.335 e. The molecule has 0 bridgehead atoms. The Hall–Kier alpha value is -0.780. The van der Waals surface area contributed by atoms with Gasteiger partial charge in [0.15, 0.2) is 0 Å². The van der Waals surface area contributed by atoms with Gasteiger partial charge in [0, 0.05) is 28.9 Å². The lowest BCUT2D eigenvalue weighted by atomic mass is 10.1. The molecule has 1 aliphatic rings. The van der Waals surface area contributed by atoms with Crippen LogP contribution in [0, 0.1) is 0 Å². The highest BCUT2D eigenvalue weighted by Gasteiger charge is 2.27. The molecule has 0 saturated heterocycles. The van der Waals surface area contributed by atoms with E-state index in [0.717, 1.165) is 24.0 Å². The van der Waals surface area contributed by atoms with Crippen LogP contribution in [-0.2, 0) is 17.2 Å². The monoisotopic (exact) mass is 348 g/mol. The molecule has 0 radical (unpaired) electrons. The topological polar surface area (TPSA) is 58.2 Å². The van der Waals surface area contributed by atoms with Gasteiger partial charge in [-0.1, -0.05) is 29.3 Å². The Kier molecular flexibility index (Phi) is 5.52. The van der Waals surface area contributed by atoms with Crippen molar-refractivity contribution in [1.82, 2.24) is 10.6 Å². The number of benzene rings is 1. The lowest BCUT2D eigenvalue weighted by Gasteiger charge is -2.18. The zero-order valence-electron chi connectivity index (χ0n) is 11.9. The van der Waals surface area contributed by atoms with Crippen LogP contribution in [0.3, 0.4) is 0 Å². The van der Waals surface area contributed by atoms with Crippen molar-refractivity contribution in [2.75, 3.05) is 12.0 Å². The molecule has 0 unspecified atom stereocenters. The highest BCUT2D eigenvalue weighted by atomic mass is 35.5. The average molecular weight is 349 g/mol. The first kappa shape index (κ1) is 16.6. The molecule has 2 amide bonds. The number of carbonyl (C=O) groups is 1. The summed E-state index contributed by atoms with van der Waals surface area (Å²) in [6, 6.07) is 3.21. The molecule has 1 aliphatic carbocycles. The van der Waals surface area contributed by atoms with Gasteiger partial charge in [-0.15, -0.1) is 0 Å². The standard InChI is InChI=1S/C14H18Cl2N2O2S/c1-8(7-21(2)20)17-14(19)18-12-6-4-10-9(12)3-5-11(15)13(10)16/h3,5,8,12H,4,6-7H2,1-2H3,(H2,17,18,19)/t8-,12-,21+/m1/s1. The molecule has 0 aliphatic heterocycles. The van der Waals surface area contributed by atoms with Gasteiger partial charge in [0.1, 0.15) is 0 Å². The summed E-state index contributed by atoms with van der Waals surface area (Å²) in [5.41, 5.74) is 2.03. The third-order valence-corrected chi connectivity index (χ3v) is 5.27. The van der Waals surface area contributed by atoms with E-state index in [4.69, 9.17) is 23.2 Å². The van der Waals surface area contributed by atoms with Gasteiger partial charge in [-0.3, -0.25) is 4.21 Å². The molecule has 3 atom stereocenters. The maximum Gasteiger partial charge on any atom is 0.315 e. The lowest BCUT2D eigenvalue weighted by molar-refractivity contribution is 0.235. The maximum absolute atomic E-state index is 12.0. The van der Waals surface area contributed by atoms with Gasteiger partial charge in [-0.05, 0) is 37.0 Å². The number of fused-ring (bicyclic) bond motifs is 1. The highest BCUT2D eigenvalue weighted by molar-refractivity contribution is 7.84. The second-order valence-corrected chi connectivity index (χ2v) is 7.54. The minimum Gasteiger partial charge on any atom is -0.335 e. The zero-order chi connectivity index (χ0) is 15.6. The van der Waals surface area contributed by atoms with Crippen LogP contribution < -0.4 is 10.6 Å². The SMILES string of the molecule is C[C@H](C[S@](C)=O)NC(=O)N[C@@H]1CCc2c1ccc(Cl)c2Cl. The van der Waals surface area contributed by atoms with Crippen LogP contribution in [-0.4, -0.2) is 28.3 Å². The van der Waals surface area contributed by atoms with E-state index in [1.54, 1.807) is 12.3 Å². The third-order valence-electron chi connectivity index (χ3n) is 3.46. The summed E-state index contributed by atoms with van der Waals surface area (Å²) in [6.07, 6.45) is 3.22. The van der Waals surface area contributed by atoms with Gasteiger partial charge in [0.2, 0.25) is 0 Å². The van der Waals surface area contributed by atoms with E-state index >= 15 is 0 Å². The Morgan fingerprint density at radius 3 is 2.86 bits per heavy atom. The van der Waals surface area contributed by atoms with Crippen molar-refractivity contribution < 1.29 is 9.00 Å². The molecule has 1 aromatic carbocycles. The number of halogens is 2. The van der Waals surface area contributed by atoms with E-state index in [9.17, 15) is 9.00 Å². The zero-order valence-corrected chi connectivity index (χ0v) is 14.2. The fraction of sp³-hybridized carbons (Fsp3) is 0.500. The number of amides is 2. The summed E-state index contributed by atoms with van der Waals surface area (Å²) in [5, 5.41) is 6.85. The summed E-state index contributed by atoms with van der Waals surface area (Å²) >= 11 is 12.2. The molecule has 116 valence electrons. The van der Waals surface area contributed by atoms with Crippen LogP contribution >= 0.6 is 23.2 Å². The van der Waals surface area contributed by atoms with Crippen LogP contribution in [0.15, 0.2) is 12.1 Å². The number of nitrogens with one attached hydrogen (secondary N) is 2. The van der Waals surface area contributed by atoms with E-state index in [-0.39, 0.29) is 18.1 Å². The minimum absolute atomic E-state index is 0.0610. The molecule has 1 aromatic rings. The molecule has 2 rings (SSSR count). The summed E-state index contributed by atoms with van der Waals surface area (Å²) in [5.74, 6) is 0.441. The van der Waals surface area contributed by atoms with Crippen molar-refractivity contribution in [2.24, 2.45) is 0 Å². The molecule has 0 spiro atoms. The first-order valence-corrected chi connectivity index (χ1v) is 9.20. The average Bonchev–Trinajstić information content (AvgIpc) is 2.76. The van der Waals surface area contributed by atoms with Crippen molar-refractivity contribution in [2.45, 2.75) is 31.8 Å². The van der Waals surface area contributed by atoms with Crippen molar-refractivity contribution in [3.8, 4) is 0 Å². The second-order valence-electron chi connectivity index (χ2n) is 5.28. The molecule has 21 heavy (non-hydrogen) atoms. The normalized spacial score (nSPS) is 19.7. The van der Waals surface area contributed by atoms with Gasteiger partial charge >= 0.3 is 6.03 Å². The van der Waals surface area contributed by atoms with E-state index in [2.05, 4.69) is 10.6 Å². The number of urea groups is 1. The first-order chi connectivity index (χ1) is 9.88. The van der Waals surface area contributed by atoms with Crippen LogP contribution in [0.25, 0.3) is 0 Å². The van der Waals surface area contributed by atoms with Gasteiger partial charge < -0.3 is 10.6 Å². The summed E-state index contributed by atoms with van der Waals surface area (Å²) in [6.45, 7) is 1.83. The smallest absolute Gasteiger partial charge is 0.315 e. The molecule has 0 saturated carbocycles. The number of rotatable bonds is 4. The van der Waals surface area contributed by atoms with E-state index < -0.39 is 10.8 Å². The van der Waals surface area contributed by atoms with Crippen LogP contribution in [0.4, 0.5) is 4.79 Å². The Labute approximate surface area is 137 Å². The van der Waals surface area contributed by atoms with Gasteiger partial charge in [0.05, 0.1) is 16.1 Å². The van der Waals surface area contributed by atoms with E-state index in [1.807, 2.05) is 13.0 Å². The molecular weight excluding hydrogens is 331 g/mol. The van der Waals surface area contributed by atoms with Gasteiger partial charge in [0.25, 0.3) is 0 Å². The second kappa shape index (κ2) is 6.99. The fourth-order valence-corrected chi connectivity index (χ4v) is 3.83. The third kappa shape index (κ3) is 4.11. The quantitative estimate of drug-likeness (QED) is 0.878. The number of carbonyl (C=O) groups excluding carboxylic acids is 1. The Morgan fingerprint density at radius 2 is 2.19 bits per heavy atom. The van der Waals surface area contributed by atoms with E-state index in [0.29, 0.717) is 15.8 Å². The van der Waals surface area contributed by atoms with Crippen LogP contribution in [0.1, 0.15) is 30.5 Å². The molecule has 0 heterocycles. The van der Waals surface area contributed by atoms with Crippen LogP contribution in [0.2, 0.25) is 10.0 Å². The predicted octanol–water partition coefficient (Wildman–Crippen LogP) is 3.05.